The molecule has 112 valence electrons. The fraction of sp³-hybridized carbons (Fsp3) is 0.214. The summed E-state index contributed by atoms with van der Waals surface area (Å²) in [6.07, 6.45) is -4.46. The summed E-state index contributed by atoms with van der Waals surface area (Å²) in [5.41, 5.74) is -0.0394. The first-order valence-corrected chi connectivity index (χ1v) is 6.73. The van der Waals surface area contributed by atoms with Gasteiger partial charge in [0, 0.05) is 11.3 Å². The lowest BCUT2D eigenvalue weighted by atomic mass is 10.1. The van der Waals surface area contributed by atoms with Gasteiger partial charge in [-0.05, 0) is 53.5 Å². The molecule has 2 aromatic rings. The van der Waals surface area contributed by atoms with E-state index >= 15 is 0 Å². The summed E-state index contributed by atoms with van der Waals surface area (Å²) in [6, 6.07) is 5.23. The lowest BCUT2D eigenvalue weighted by Crippen LogP contribution is -2.14. The number of amides is 1. The number of halogens is 4. The number of aryl methyl sites for hydroxylation is 2. The van der Waals surface area contributed by atoms with E-state index in [-0.39, 0.29) is 17.0 Å². The van der Waals surface area contributed by atoms with Crippen molar-refractivity contribution in [3.05, 3.63) is 51.4 Å². The SMILES string of the molecule is Cc1ccc(NC(=O)c2oc(Br)cc2C)cc1C(F)(F)F. The zero-order valence-electron chi connectivity index (χ0n) is 11.1. The first-order chi connectivity index (χ1) is 9.68. The fourth-order valence-electron chi connectivity index (χ4n) is 1.86. The van der Waals surface area contributed by atoms with Crippen LogP contribution in [0, 0.1) is 13.8 Å². The fourth-order valence-corrected chi connectivity index (χ4v) is 2.37. The van der Waals surface area contributed by atoms with E-state index in [1.54, 1.807) is 13.0 Å². The molecule has 21 heavy (non-hydrogen) atoms. The van der Waals surface area contributed by atoms with Gasteiger partial charge in [-0.1, -0.05) is 6.07 Å². The van der Waals surface area contributed by atoms with E-state index < -0.39 is 17.6 Å². The van der Waals surface area contributed by atoms with Gasteiger partial charge in [-0.15, -0.1) is 0 Å². The van der Waals surface area contributed by atoms with Crippen LogP contribution in [-0.4, -0.2) is 5.91 Å². The third kappa shape index (κ3) is 3.47. The Morgan fingerprint density at radius 3 is 2.38 bits per heavy atom. The number of carbonyl (C=O) groups excluding carboxylic acids is 1. The number of carbonyl (C=O) groups is 1. The number of hydrogen-bond acceptors (Lipinski definition) is 2. The second-order valence-electron chi connectivity index (χ2n) is 4.54. The van der Waals surface area contributed by atoms with Gasteiger partial charge in [0.05, 0.1) is 5.56 Å². The lowest BCUT2D eigenvalue weighted by molar-refractivity contribution is -0.138. The Morgan fingerprint density at radius 1 is 1.19 bits per heavy atom. The maximum Gasteiger partial charge on any atom is 0.416 e. The average Bonchev–Trinajstić information content (AvgIpc) is 2.69. The normalized spacial score (nSPS) is 11.5. The molecule has 1 aromatic heterocycles. The van der Waals surface area contributed by atoms with Gasteiger partial charge in [0.15, 0.2) is 10.4 Å². The molecule has 0 radical (unpaired) electrons. The topological polar surface area (TPSA) is 42.2 Å². The maximum absolute atomic E-state index is 12.8. The molecular weight excluding hydrogens is 351 g/mol. The predicted molar refractivity (Wildman–Crippen MR) is 75.3 cm³/mol. The summed E-state index contributed by atoms with van der Waals surface area (Å²) in [5, 5.41) is 2.40. The molecule has 0 saturated heterocycles. The molecule has 0 aliphatic carbocycles. The van der Waals surface area contributed by atoms with Crippen molar-refractivity contribution in [1.82, 2.24) is 0 Å². The van der Waals surface area contributed by atoms with E-state index in [2.05, 4.69) is 21.2 Å². The van der Waals surface area contributed by atoms with Gasteiger partial charge in [-0.3, -0.25) is 4.79 Å². The Morgan fingerprint density at radius 2 is 1.86 bits per heavy atom. The zero-order valence-corrected chi connectivity index (χ0v) is 12.7. The highest BCUT2D eigenvalue weighted by atomic mass is 79.9. The highest BCUT2D eigenvalue weighted by Crippen LogP contribution is 2.33. The summed E-state index contributed by atoms with van der Waals surface area (Å²) >= 11 is 3.09. The minimum absolute atomic E-state index is 0.0519. The Bertz CT molecular complexity index is 692. The van der Waals surface area contributed by atoms with E-state index in [0.29, 0.717) is 10.2 Å². The highest BCUT2D eigenvalue weighted by molar-refractivity contribution is 9.10. The van der Waals surface area contributed by atoms with Gasteiger partial charge in [0.25, 0.3) is 5.91 Å². The monoisotopic (exact) mass is 361 g/mol. The van der Waals surface area contributed by atoms with Crippen LogP contribution in [0.25, 0.3) is 0 Å². The van der Waals surface area contributed by atoms with Crippen LogP contribution < -0.4 is 5.32 Å². The molecule has 0 bridgehead atoms. The first kappa shape index (κ1) is 15.6. The Balaban J connectivity index is 2.28. The van der Waals surface area contributed by atoms with Crippen molar-refractivity contribution in [2.45, 2.75) is 20.0 Å². The predicted octanol–water partition coefficient (Wildman–Crippen LogP) is 4.93. The second kappa shape index (κ2) is 5.55. The molecule has 0 unspecified atom stereocenters. The molecule has 0 atom stereocenters. The van der Waals surface area contributed by atoms with Crippen LogP contribution in [0.15, 0.2) is 33.4 Å². The molecule has 0 saturated carbocycles. The summed E-state index contributed by atoms with van der Waals surface area (Å²) < 4.78 is 44.0. The number of alkyl halides is 3. The number of rotatable bonds is 2. The lowest BCUT2D eigenvalue weighted by Gasteiger charge is -2.12. The van der Waals surface area contributed by atoms with Crippen molar-refractivity contribution >= 4 is 27.5 Å². The van der Waals surface area contributed by atoms with Crippen molar-refractivity contribution in [2.24, 2.45) is 0 Å². The van der Waals surface area contributed by atoms with Crippen molar-refractivity contribution in [3.63, 3.8) is 0 Å². The average molecular weight is 362 g/mol. The molecule has 1 N–H and O–H groups in total. The molecule has 1 heterocycles. The largest absolute Gasteiger partial charge is 0.444 e. The standard InChI is InChI=1S/C14H11BrF3NO2/c1-7-3-4-9(6-10(7)14(16,17)18)19-13(20)12-8(2)5-11(15)21-12/h3-6H,1-2H3,(H,19,20). The number of benzene rings is 1. The molecule has 1 amide bonds. The minimum atomic E-state index is -4.46. The summed E-state index contributed by atoms with van der Waals surface area (Å²) in [6.45, 7) is 3.03. The van der Waals surface area contributed by atoms with Gasteiger partial charge in [0.2, 0.25) is 0 Å². The molecule has 0 spiro atoms. The third-order valence-electron chi connectivity index (χ3n) is 2.89. The Kier molecular flexibility index (Phi) is 4.13. The van der Waals surface area contributed by atoms with Crippen molar-refractivity contribution in [3.8, 4) is 0 Å². The van der Waals surface area contributed by atoms with E-state index in [4.69, 9.17) is 4.42 Å². The van der Waals surface area contributed by atoms with Crippen molar-refractivity contribution in [1.29, 1.82) is 0 Å². The van der Waals surface area contributed by atoms with Crippen LogP contribution >= 0.6 is 15.9 Å². The molecule has 3 nitrogen and oxygen atoms in total. The van der Waals surface area contributed by atoms with E-state index in [0.717, 1.165) is 6.07 Å². The molecule has 0 aliphatic heterocycles. The summed E-state index contributed by atoms with van der Waals surface area (Å²) in [7, 11) is 0. The van der Waals surface area contributed by atoms with Crippen LogP contribution in [-0.2, 0) is 6.18 Å². The van der Waals surface area contributed by atoms with Crippen molar-refractivity contribution in [2.75, 3.05) is 5.32 Å². The quantitative estimate of drug-likeness (QED) is 0.823. The van der Waals surface area contributed by atoms with Gasteiger partial charge < -0.3 is 9.73 Å². The molecule has 0 aliphatic rings. The molecule has 0 fully saturated rings. The van der Waals surface area contributed by atoms with Gasteiger partial charge in [0.1, 0.15) is 0 Å². The molecular formula is C14H11BrF3NO2. The van der Waals surface area contributed by atoms with Crippen LogP contribution in [0.1, 0.15) is 27.2 Å². The summed E-state index contributed by atoms with van der Waals surface area (Å²) in [4.78, 5) is 12.0. The first-order valence-electron chi connectivity index (χ1n) is 5.93. The third-order valence-corrected chi connectivity index (χ3v) is 3.29. The van der Waals surface area contributed by atoms with E-state index in [1.165, 1.54) is 19.1 Å². The van der Waals surface area contributed by atoms with Gasteiger partial charge in [-0.2, -0.15) is 13.2 Å². The Hall–Kier alpha value is -1.76. The number of nitrogens with one attached hydrogen (secondary N) is 1. The number of furan rings is 1. The smallest absolute Gasteiger partial charge is 0.416 e. The number of anilines is 1. The molecule has 7 heteroatoms. The van der Waals surface area contributed by atoms with E-state index in [1.807, 2.05) is 0 Å². The van der Waals surface area contributed by atoms with Gasteiger partial charge in [-0.25, -0.2) is 0 Å². The highest BCUT2D eigenvalue weighted by Gasteiger charge is 2.32. The molecule has 2 rings (SSSR count). The molecule has 1 aromatic carbocycles. The minimum Gasteiger partial charge on any atom is -0.444 e. The summed E-state index contributed by atoms with van der Waals surface area (Å²) in [5.74, 6) is -0.550. The van der Waals surface area contributed by atoms with Crippen LogP contribution in [0.4, 0.5) is 18.9 Å². The van der Waals surface area contributed by atoms with E-state index in [9.17, 15) is 18.0 Å². The van der Waals surface area contributed by atoms with Gasteiger partial charge >= 0.3 is 6.18 Å². The number of hydrogen-bond donors (Lipinski definition) is 1. The van der Waals surface area contributed by atoms with Crippen molar-refractivity contribution < 1.29 is 22.4 Å². The zero-order chi connectivity index (χ0) is 15.8. The second-order valence-corrected chi connectivity index (χ2v) is 5.33. The van der Waals surface area contributed by atoms with Crippen LogP contribution in [0.5, 0.6) is 0 Å². The maximum atomic E-state index is 12.8. The van der Waals surface area contributed by atoms with Crippen LogP contribution in [0.2, 0.25) is 0 Å². The van der Waals surface area contributed by atoms with Crippen LogP contribution in [0.3, 0.4) is 0 Å². The Labute approximate surface area is 127 Å².